The van der Waals surface area contributed by atoms with E-state index in [9.17, 15) is 9.59 Å². The van der Waals surface area contributed by atoms with E-state index in [1.807, 2.05) is 20.9 Å². The van der Waals surface area contributed by atoms with Crippen LogP contribution < -0.4 is 10.2 Å². The lowest BCUT2D eigenvalue weighted by atomic mass is 9.95. The molecule has 1 amide bonds. The molecule has 3 rings (SSSR count). The summed E-state index contributed by atoms with van der Waals surface area (Å²) in [5, 5.41) is 2.77. The minimum absolute atomic E-state index is 0.356. The lowest BCUT2D eigenvalue weighted by molar-refractivity contribution is -0.117. The van der Waals surface area contributed by atoms with E-state index < -0.39 is 11.7 Å². The van der Waals surface area contributed by atoms with Crippen LogP contribution in [0.15, 0.2) is 24.5 Å². The van der Waals surface area contributed by atoms with Gasteiger partial charge >= 0.3 is 0 Å². The second-order valence-corrected chi connectivity index (χ2v) is 7.64. The molecule has 1 N–H and O–H groups in total. The lowest BCUT2D eigenvalue weighted by Gasteiger charge is -2.31. The first-order valence-electron chi connectivity index (χ1n) is 9.91. The monoisotopic (exact) mass is 383 g/mol. The van der Waals surface area contributed by atoms with E-state index in [1.54, 1.807) is 36.1 Å². The number of anilines is 1. The van der Waals surface area contributed by atoms with E-state index in [2.05, 4.69) is 20.2 Å². The Labute approximate surface area is 166 Å². The van der Waals surface area contributed by atoms with Gasteiger partial charge < -0.3 is 14.8 Å². The molecule has 7 heteroatoms. The van der Waals surface area contributed by atoms with E-state index in [-0.39, 0.29) is 6.04 Å². The molecule has 150 valence electrons. The Bertz CT molecular complexity index is 854. The van der Waals surface area contributed by atoms with Crippen molar-refractivity contribution in [1.82, 2.24) is 19.9 Å². The van der Waals surface area contributed by atoms with E-state index >= 15 is 0 Å². The fraction of sp³-hybridized carbons (Fsp3) is 0.524. The van der Waals surface area contributed by atoms with Gasteiger partial charge in [-0.1, -0.05) is 19.3 Å². The molecule has 0 aliphatic heterocycles. The van der Waals surface area contributed by atoms with Crippen molar-refractivity contribution < 1.29 is 9.59 Å². The minimum atomic E-state index is -0.628. The fourth-order valence-corrected chi connectivity index (χ4v) is 3.84. The highest BCUT2D eigenvalue weighted by Crippen LogP contribution is 2.25. The molecule has 1 aliphatic carbocycles. The molecule has 0 radical (unpaired) electrons. The summed E-state index contributed by atoms with van der Waals surface area (Å²) >= 11 is 0. The van der Waals surface area contributed by atoms with Crippen molar-refractivity contribution in [3.63, 3.8) is 0 Å². The lowest BCUT2D eigenvalue weighted by Crippen LogP contribution is -2.36. The van der Waals surface area contributed by atoms with Crippen LogP contribution in [0.1, 0.15) is 66.8 Å². The third-order valence-electron chi connectivity index (χ3n) is 5.64. The highest BCUT2D eigenvalue weighted by molar-refractivity contribution is 6.42. The van der Waals surface area contributed by atoms with Gasteiger partial charge in [0.25, 0.3) is 11.7 Å². The van der Waals surface area contributed by atoms with Gasteiger partial charge in [-0.05, 0) is 38.8 Å². The van der Waals surface area contributed by atoms with E-state index in [0.717, 1.165) is 11.3 Å². The normalized spacial score (nSPS) is 15.9. The van der Waals surface area contributed by atoms with Crippen LogP contribution in [-0.2, 0) is 11.8 Å². The topological polar surface area (TPSA) is 80.1 Å². The number of carbonyl (C=O) groups excluding carboxylic acids is 2. The number of hydrogen-bond acceptors (Lipinski definition) is 5. The fourth-order valence-electron chi connectivity index (χ4n) is 3.84. The molecule has 1 atom stereocenters. The molecular weight excluding hydrogens is 354 g/mol. The molecule has 1 unspecified atom stereocenters. The molecule has 1 saturated carbocycles. The number of aromatic nitrogens is 3. The summed E-state index contributed by atoms with van der Waals surface area (Å²) < 4.78 is 1.64. The summed E-state index contributed by atoms with van der Waals surface area (Å²) in [4.78, 5) is 36.0. The molecule has 1 fully saturated rings. The average molecular weight is 383 g/mol. The molecule has 0 aromatic carbocycles. The highest BCUT2D eigenvalue weighted by Gasteiger charge is 2.24. The molecule has 0 saturated heterocycles. The standard InChI is InChI=1S/C21H29N5O2/c1-14(23-20(28)19(27)18-11-8-12-25(18)3)17-13-22-21(24-15(17)2)26(4)16-9-6-5-7-10-16/h8,11-14,16H,5-7,9-10H2,1-4H3,(H,23,28). The van der Waals surface area contributed by atoms with Gasteiger partial charge in [-0.3, -0.25) is 9.59 Å². The maximum absolute atomic E-state index is 12.3. The first-order chi connectivity index (χ1) is 13.4. The van der Waals surface area contributed by atoms with Crippen molar-refractivity contribution in [2.45, 2.75) is 58.0 Å². The van der Waals surface area contributed by atoms with Crippen LogP contribution in [0.5, 0.6) is 0 Å². The van der Waals surface area contributed by atoms with Crippen LogP contribution in [0, 0.1) is 6.92 Å². The Balaban J connectivity index is 1.68. The largest absolute Gasteiger partial charge is 0.348 e. The zero-order valence-electron chi connectivity index (χ0n) is 17.1. The third-order valence-corrected chi connectivity index (χ3v) is 5.64. The second-order valence-electron chi connectivity index (χ2n) is 7.64. The van der Waals surface area contributed by atoms with Crippen molar-refractivity contribution in [3.05, 3.63) is 41.5 Å². The zero-order valence-corrected chi connectivity index (χ0v) is 17.1. The van der Waals surface area contributed by atoms with Crippen LogP contribution in [-0.4, -0.2) is 39.3 Å². The zero-order chi connectivity index (χ0) is 20.3. The van der Waals surface area contributed by atoms with Crippen molar-refractivity contribution in [2.24, 2.45) is 7.05 Å². The van der Waals surface area contributed by atoms with E-state index in [0.29, 0.717) is 17.7 Å². The number of ketones is 1. The number of hydrogen-bond donors (Lipinski definition) is 1. The predicted octanol–water partition coefficient (Wildman–Crippen LogP) is 2.95. The number of nitrogens with zero attached hydrogens (tertiary/aromatic N) is 4. The SMILES string of the molecule is Cc1nc(N(C)C2CCCCC2)ncc1C(C)NC(=O)C(=O)c1cccn1C. The molecule has 1 aliphatic rings. The number of carbonyl (C=O) groups is 2. The molecule has 2 aromatic heterocycles. The number of aryl methyl sites for hydroxylation is 2. The van der Waals surface area contributed by atoms with E-state index in [4.69, 9.17) is 0 Å². The number of Topliss-reactive ketones (excluding diaryl/α,β-unsaturated/α-hetero) is 1. The first-order valence-corrected chi connectivity index (χ1v) is 9.91. The molecule has 7 nitrogen and oxygen atoms in total. The summed E-state index contributed by atoms with van der Waals surface area (Å²) in [6.45, 7) is 3.75. The molecule has 0 bridgehead atoms. The van der Waals surface area contributed by atoms with Gasteiger partial charge in [0.05, 0.1) is 11.7 Å². The predicted molar refractivity (Wildman–Crippen MR) is 108 cm³/mol. The van der Waals surface area contributed by atoms with Gasteiger partial charge in [-0.25, -0.2) is 9.97 Å². The molecule has 2 aromatic rings. The molecule has 2 heterocycles. The smallest absolute Gasteiger partial charge is 0.294 e. The van der Waals surface area contributed by atoms with Gasteiger partial charge in [0.2, 0.25) is 5.95 Å². The van der Waals surface area contributed by atoms with Crippen LogP contribution >= 0.6 is 0 Å². The van der Waals surface area contributed by atoms with E-state index in [1.165, 1.54) is 32.1 Å². The van der Waals surface area contributed by atoms with Gasteiger partial charge in [0.15, 0.2) is 0 Å². The first kappa shape index (κ1) is 20.0. The Morgan fingerprint density at radius 2 is 2.00 bits per heavy atom. The Morgan fingerprint density at radius 3 is 2.61 bits per heavy atom. The van der Waals surface area contributed by atoms with Crippen molar-refractivity contribution in [2.75, 3.05) is 11.9 Å². The molecule has 0 spiro atoms. The Kier molecular flexibility index (Phi) is 6.11. The number of amides is 1. The second kappa shape index (κ2) is 8.54. The average Bonchev–Trinajstić information content (AvgIpc) is 3.13. The van der Waals surface area contributed by atoms with Gasteiger partial charge in [0, 0.05) is 43.8 Å². The summed E-state index contributed by atoms with van der Waals surface area (Å²) in [6, 6.07) is 3.50. The summed E-state index contributed by atoms with van der Waals surface area (Å²) in [7, 11) is 3.79. The Morgan fingerprint density at radius 1 is 1.29 bits per heavy atom. The quantitative estimate of drug-likeness (QED) is 0.613. The third kappa shape index (κ3) is 4.24. The summed E-state index contributed by atoms with van der Waals surface area (Å²) in [5.41, 5.74) is 1.99. The number of rotatable bonds is 6. The minimum Gasteiger partial charge on any atom is -0.348 e. The van der Waals surface area contributed by atoms with Gasteiger partial charge in [-0.2, -0.15) is 0 Å². The van der Waals surface area contributed by atoms with Gasteiger partial charge in [0.1, 0.15) is 0 Å². The Hall–Kier alpha value is -2.70. The maximum atomic E-state index is 12.3. The van der Waals surface area contributed by atoms with Crippen LogP contribution in [0.3, 0.4) is 0 Å². The van der Waals surface area contributed by atoms with Gasteiger partial charge in [-0.15, -0.1) is 0 Å². The highest BCUT2D eigenvalue weighted by atomic mass is 16.2. The van der Waals surface area contributed by atoms with Crippen LogP contribution in [0.4, 0.5) is 5.95 Å². The summed E-state index contributed by atoms with van der Waals surface area (Å²) in [5.74, 6) is -0.463. The van der Waals surface area contributed by atoms with Crippen molar-refractivity contribution in [1.29, 1.82) is 0 Å². The summed E-state index contributed by atoms with van der Waals surface area (Å²) in [6.07, 6.45) is 9.66. The van der Waals surface area contributed by atoms with Crippen LogP contribution in [0.2, 0.25) is 0 Å². The number of nitrogens with one attached hydrogen (secondary N) is 1. The van der Waals surface area contributed by atoms with Crippen molar-refractivity contribution in [3.8, 4) is 0 Å². The molecule has 28 heavy (non-hydrogen) atoms. The van der Waals surface area contributed by atoms with Crippen molar-refractivity contribution >= 4 is 17.6 Å². The maximum Gasteiger partial charge on any atom is 0.294 e. The molecular formula is C21H29N5O2. The van der Waals surface area contributed by atoms with Crippen LogP contribution in [0.25, 0.3) is 0 Å².